The standard InChI is InChI=1S/C7H6BrClF2N2O/c8-6-3(12)1-4(9)13-7(6)14-2-5(10)11/h1,5H,2H2,(H2,12,13). The van der Waals surface area contributed by atoms with E-state index in [1.54, 1.807) is 0 Å². The number of nitrogens with two attached hydrogens (primary N) is 1. The second-order valence-corrected chi connectivity index (χ2v) is 3.54. The molecule has 0 saturated carbocycles. The third-order valence-electron chi connectivity index (χ3n) is 1.27. The number of hydrogen-bond acceptors (Lipinski definition) is 3. The Morgan fingerprint density at radius 1 is 1.64 bits per heavy atom. The Hall–Kier alpha value is -0.620. The first kappa shape index (κ1) is 11.5. The molecule has 0 atom stereocenters. The predicted molar refractivity (Wildman–Crippen MR) is 52.9 cm³/mol. The Morgan fingerprint density at radius 2 is 2.29 bits per heavy atom. The van der Waals surface area contributed by atoms with Crippen LogP contribution < -0.4 is 10.5 Å². The van der Waals surface area contributed by atoms with Crippen LogP contribution in [0.25, 0.3) is 0 Å². The fourth-order valence-corrected chi connectivity index (χ4v) is 1.24. The van der Waals surface area contributed by atoms with Crippen molar-refractivity contribution in [3.8, 4) is 5.88 Å². The van der Waals surface area contributed by atoms with E-state index >= 15 is 0 Å². The van der Waals surface area contributed by atoms with Gasteiger partial charge in [0.25, 0.3) is 6.43 Å². The average molecular weight is 287 g/mol. The Balaban J connectivity index is 2.85. The summed E-state index contributed by atoms with van der Waals surface area (Å²) in [6, 6.07) is 1.39. The van der Waals surface area contributed by atoms with Crippen molar-refractivity contribution in [3.63, 3.8) is 0 Å². The van der Waals surface area contributed by atoms with E-state index in [1.807, 2.05) is 0 Å². The predicted octanol–water partition coefficient (Wildman–Crippen LogP) is 2.72. The van der Waals surface area contributed by atoms with Crippen LogP contribution in [0.2, 0.25) is 5.15 Å². The number of nitrogens with zero attached hydrogens (tertiary/aromatic N) is 1. The van der Waals surface area contributed by atoms with Crippen LogP contribution >= 0.6 is 27.5 Å². The number of hydrogen-bond donors (Lipinski definition) is 1. The Morgan fingerprint density at radius 3 is 2.86 bits per heavy atom. The van der Waals surface area contributed by atoms with Crippen molar-refractivity contribution < 1.29 is 13.5 Å². The van der Waals surface area contributed by atoms with Gasteiger partial charge in [0.2, 0.25) is 5.88 Å². The van der Waals surface area contributed by atoms with E-state index in [1.165, 1.54) is 6.07 Å². The van der Waals surface area contributed by atoms with Gasteiger partial charge in [-0.2, -0.15) is 0 Å². The molecule has 3 nitrogen and oxygen atoms in total. The van der Waals surface area contributed by atoms with E-state index < -0.39 is 13.0 Å². The van der Waals surface area contributed by atoms with Gasteiger partial charge in [-0.1, -0.05) is 11.6 Å². The maximum atomic E-state index is 11.8. The number of nitrogen functional groups attached to an aromatic ring is 1. The van der Waals surface area contributed by atoms with Crippen LogP contribution in [0.5, 0.6) is 5.88 Å². The average Bonchev–Trinajstić information content (AvgIpc) is 2.08. The number of alkyl halides is 2. The maximum Gasteiger partial charge on any atom is 0.272 e. The number of rotatable bonds is 3. The fraction of sp³-hybridized carbons (Fsp3) is 0.286. The first-order chi connectivity index (χ1) is 6.50. The number of halogens is 4. The minimum absolute atomic E-state index is 0.0321. The third kappa shape index (κ3) is 2.95. The minimum atomic E-state index is -2.57. The smallest absolute Gasteiger partial charge is 0.272 e. The van der Waals surface area contributed by atoms with E-state index in [4.69, 9.17) is 17.3 Å². The first-order valence-corrected chi connectivity index (χ1v) is 4.70. The lowest BCUT2D eigenvalue weighted by atomic mass is 10.4. The van der Waals surface area contributed by atoms with Gasteiger partial charge in [0, 0.05) is 0 Å². The molecular formula is C7H6BrClF2N2O. The molecule has 0 unspecified atom stereocenters. The van der Waals surface area contributed by atoms with Gasteiger partial charge < -0.3 is 10.5 Å². The van der Waals surface area contributed by atoms with E-state index in [-0.39, 0.29) is 16.7 Å². The quantitative estimate of drug-likeness (QED) is 0.870. The maximum absolute atomic E-state index is 11.8. The first-order valence-electron chi connectivity index (χ1n) is 3.53. The van der Waals surface area contributed by atoms with Crippen molar-refractivity contribution in [1.29, 1.82) is 0 Å². The summed E-state index contributed by atoms with van der Waals surface area (Å²) in [5.41, 5.74) is 5.78. The van der Waals surface area contributed by atoms with Crippen molar-refractivity contribution >= 4 is 33.2 Å². The summed E-state index contributed by atoms with van der Waals surface area (Å²) >= 11 is 8.61. The summed E-state index contributed by atoms with van der Waals surface area (Å²) in [5, 5.41) is 0.0926. The second kappa shape index (κ2) is 4.75. The molecule has 0 saturated heterocycles. The second-order valence-electron chi connectivity index (χ2n) is 2.36. The molecule has 7 heteroatoms. The molecule has 1 aromatic heterocycles. The molecule has 78 valence electrons. The van der Waals surface area contributed by atoms with Crippen LogP contribution in [0.3, 0.4) is 0 Å². The zero-order valence-corrected chi connectivity index (χ0v) is 9.15. The van der Waals surface area contributed by atoms with E-state index in [0.29, 0.717) is 4.47 Å². The van der Waals surface area contributed by atoms with Crippen LogP contribution in [0.4, 0.5) is 14.5 Å². The molecule has 0 aliphatic rings. The normalized spacial score (nSPS) is 10.6. The highest BCUT2D eigenvalue weighted by atomic mass is 79.9. The summed E-state index contributed by atoms with van der Waals surface area (Å²) in [7, 11) is 0. The molecule has 0 aromatic carbocycles. The van der Waals surface area contributed by atoms with Crippen molar-refractivity contribution in [2.45, 2.75) is 6.43 Å². The van der Waals surface area contributed by atoms with Crippen molar-refractivity contribution in [2.24, 2.45) is 0 Å². The SMILES string of the molecule is Nc1cc(Cl)nc(OCC(F)F)c1Br. The number of pyridine rings is 1. The summed E-state index contributed by atoms with van der Waals surface area (Å²) in [5.74, 6) is -0.0321. The topological polar surface area (TPSA) is 48.1 Å². The van der Waals surface area contributed by atoms with E-state index in [2.05, 4.69) is 25.7 Å². The van der Waals surface area contributed by atoms with Gasteiger partial charge in [0.1, 0.15) is 9.63 Å². The third-order valence-corrected chi connectivity index (χ3v) is 2.26. The van der Waals surface area contributed by atoms with Gasteiger partial charge in [-0.15, -0.1) is 0 Å². The molecule has 0 radical (unpaired) electrons. The minimum Gasteiger partial charge on any atom is -0.471 e. The lowest BCUT2D eigenvalue weighted by Crippen LogP contribution is -2.09. The van der Waals surface area contributed by atoms with Crippen LogP contribution in [0.1, 0.15) is 0 Å². The summed E-state index contributed by atoms with van der Waals surface area (Å²) in [6.07, 6.45) is -2.57. The summed E-state index contributed by atoms with van der Waals surface area (Å²) in [4.78, 5) is 3.69. The van der Waals surface area contributed by atoms with Gasteiger partial charge in [-0.25, -0.2) is 13.8 Å². The largest absolute Gasteiger partial charge is 0.471 e. The summed E-state index contributed by atoms with van der Waals surface area (Å²) < 4.78 is 28.7. The van der Waals surface area contributed by atoms with E-state index in [9.17, 15) is 8.78 Å². The fourth-order valence-electron chi connectivity index (χ4n) is 0.731. The van der Waals surface area contributed by atoms with Gasteiger partial charge in [-0.3, -0.25) is 0 Å². The van der Waals surface area contributed by atoms with Crippen molar-refractivity contribution in [1.82, 2.24) is 4.98 Å². The zero-order chi connectivity index (χ0) is 10.7. The molecular weight excluding hydrogens is 281 g/mol. The molecule has 1 heterocycles. The molecule has 1 rings (SSSR count). The molecule has 1 aromatic rings. The molecule has 0 aliphatic heterocycles. The molecule has 0 fully saturated rings. The monoisotopic (exact) mass is 286 g/mol. The van der Waals surface area contributed by atoms with Crippen LogP contribution in [-0.4, -0.2) is 18.0 Å². The van der Waals surface area contributed by atoms with E-state index in [0.717, 1.165) is 0 Å². The number of anilines is 1. The molecule has 0 spiro atoms. The highest BCUT2D eigenvalue weighted by Gasteiger charge is 2.11. The van der Waals surface area contributed by atoms with Gasteiger partial charge in [0.15, 0.2) is 6.61 Å². The Bertz CT molecular complexity index is 338. The molecule has 14 heavy (non-hydrogen) atoms. The molecule has 0 aliphatic carbocycles. The highest BCUT2D eigenvalue weighted by molar-refractivity contribution is 9.10. The lowest BCUT2D eigenvalue weighted by Gasteiger charge is -2.08. The van der Waals surface area contributed by atoms with Crippen molar-refractivity contribution in [2.75, 3.05) is 12.3 Å². The van der Waals surface area contributed by atoms with Crippen molar-refractivity contribution in [3.05, 3.63) is 15.7 Å². The van der Waals surface area contributed by atoms with Gasteiger partial charge >= 0.3 is 0 Å². The van der Waals surface area contributed by atoms with Crippen LogP contribution in [-0.2, 0) is 0 Å². The summed E-state index contributed by atoms with van der Waals surface area (Å²) in [6.45, 7) is -0.745. The zero-order valence-electron chi connectivity index (χ0n) is 6.81. The molecule has 2 N–H and O–H groups in total. The van der Waals surface area contributed by atoms with Crippen LogP contribution in [0.15, 0.2) is 10.5 Å². The number of ether oxygens (including phenoxy) is 1. The number of aromatic nitrogens is 1. The van der Waals surface area contributed by atoms with Crippen LogP contribution in [0, 0.1) is 0 Å². The lowest BCUT2D eigenvalue weighted by molar-refractivity contribution is 0.0792. The Labute approximate surface area is 92.3 Å². The Kier molecular flexibility index (Phi) is 3.88. The highest BCUT2D eigenvalue weighted by Crippen LogP contribution is 2.31. The van der Waals surface area contributed by atoms with Gasteiger partial charge in [0.05, 0.1) is 5.69 Å². The van der Waals surface area contributed by atoms with Gasteiger partial charge in [-0.05, 0) is 22.0 Å². The molecule has 0 amide bonds. The molecule has 0 bridgehead atoms.